The van der Waals surface area contributed by atoms with Crippen LogP contribution in [0, 0.1) is 20.8 Å². The van der Waals surface area contributed by atoms with Crippen molar-refractivity contribution in [1.29, 1.82) is 0 Å². The van der Waals surface area contributed by atoms with E-state index >= 15 is 0 Å². The molecule has 0 saturated carbocycles. The van der Waals surface area contributed by atoms with Gasteiger partial charge in [-0.3, -0.25) is 13.9 Å². The standard InChI is InChI=1S/C30H27N3O3/c1-17-14-15-23-22(16-17)33-25(20-12-8-6-10-18(20)2)24-26(31(4)30(35)32(5)29(24)34)27(33)28(36-23)21-13-9-7-11-19(21)3/h6-16,28H,1-5H3/t28-/m1/s1. The van der Waals surface area contributed by atoms with Gasteiger partial charge in [-0.15, -0.1) is 0 Å². The van der Waals surface area contributed by atoms with Gasteiger partial charge in [0.2, 0.25) is 0 Å². The van der Waals surface area contributed by atoms with E-state index in [1.807, 2.05) is 62.4 Å². The smallest absolute Gasteiger partial charge is 0.331 e. The van der Waals surface area contributed by atoms with Crippen molar-refractivity contribution >= 4 is 10.9 Å². The molecule has 0 amide bonds. The van der Waals surface area contributed by atoms with Crippen molar-refractivity contribution in [2.45, 2.75) is 26.9 Å². The van der Waals surface area contributed by atoms with Gasteiger partial charge < -0.3 is 9.30 Å². The second-order valence-electron chi connectivity index (χ2n) is 9.64. The van der Waals surface area contributed by atoms with Crippen LogP contribution in [0.3, 0.4) is 0 Å². The van der Waals surface area contributed by atoms with E-state index in [1.54, 1.807) is 11.6 Å². The molecule has 3 aromatic carbocycles. The topological polar surface area (TPSA) is 58.2 Å². The van der Waals surface area contributed by atoms with E-state index < -0.39 is 6.10 Å². The van der Waals surface area contributed by atoms with Crippen molar-refractivity contribution in [2.75, 3.05) is 0 Å². The van der Waals surface area contributed by atoms with Crippen LogP contribution in [0.1, 0.15) is 34.1 Å². The molecule has 6 rings (SSSR count). The van der Waals surface area contributed by atoms with Gasteiger partial charge in [-0.1, -0.05) is 54.6 Å². The van der Waals surface area contributed by atoms with Crippen molar-refractivity contribution in [3.63, 3.8) is 0 Å². The zero-order valence-electron chi connectivity index (χ0n) is 21.0. The fourth-order valence-corrected chi connectivity index (χ4v) is 5.46. The van der Waals surface area contributed by atoms with Crippen molar-refractivity contribution < 1.29 is 4.74 Å². The molecule has 0 aliphatic carbocycles. The number of rotatable bonds is 2. The molecule has 1 aliphatic heterocycles. The molecule has 36 heavy (non-hydrogen) atoms. The summed E-state index contributed by atoms with van der Waals surface area (Å²) in [5, 5.41) is 0.514. The van der Waals surface area contributed by atoms with Crippen molar-refractivity contribution in [2.24, 2.45) is 14.1 Å². The molecule has 6 nitrogen and oxygen atoms in total. The lowest BCUT2D eigenvalue weighted by atomic mass is 9.98. The normalized spacial score (nSPS) is 14.4. The van der Waals surface area contributed by atoms with E-state index in [2.05, 4.69) is 29.7 Å². The summed E-state index contributed by atoms with van der Waals surface area (Å²) in [7, 11) is 3.27. The van der Waals surface area contributed by atoms with Crippen LogP contribution in [0.2, 0.25) is 0 Å². The lowest BCUT2D eigenvalue weighted by molar-refractivity contribution is 0.228. The fourth-order valence-electron chi connectivity index (χ4n) is 5.46. The molecule has 3 heterocycles. The Morgan fingerprint density at radius 3 is 2.22 bits per heavy atom. The second-order valence-corrected chi connectivity index (χ2v) is 9.64. The summed E-state index contributed by atoms with van der Waals surface area (Å²) >= 11 is 0. The Kier molecular flexibility index (Phi) is 4.83. The number of ether oxygens (including phenoxy) is 1. The second kappa shape index (κ2) is 7.85. The molecule has 180 valence electrons. The molecule has 1 aliphatic rings. The summed E-state index contributed by atoms with van der Waals surface area (Å²) in [6, 6.07) is 22.3. The summed E-state index contributed by atoms with van der Waals surface area (Å²) in [4.78, 5) is 27.0. The summed E-state index contributed by atoms with van der Waals surface area (Å²) in [6.45, 7) is 6.14. The molecule has 0 spiro atoms. The molecule has 0 radical (unpaired) electrons. The number of aromatic nitrogens is 3. The van der Waals surface area contributed by atoms with Gasteiger partial charge in [-0.05, 0) is 49.6 Å². The first-order valence-electron chi connectivity index (χ1n) is 12.0. The molecular formula is C30H27N3O3. The van der Waals surface area contributed by atoms with E-state index in [4.69, 9.17) is 4.74 Å². The minimum atomic E-state index is -0.501. The SMILES string of the molecule is Cc1ccc2c(c1)-n1c(-c3ccccc3C)c3c(=O)n(C)c(=O)n(C)c3c1[C@@H](c1ccccc1C)O2. The Hall–Kier alpha value is -4.32. The van der Waals surface area contributed by atoms with E-state index in [0.717, 1.165) is 50.6 Å². The quantitative estimate of drug-likeness (QED) is 0.355. The Bertz CT molecular complexity index is 1820. The molecule has 1 atom stereocenters. The summed E-state index contributed by atoms with van der Waals surface area (Å²) < 4.78 is 11.6. The van der Waals surface area contributed by atoms with Gasteiger partial charge in [-0.25, -0.2) is 4.79 Å². The molecule has 2 aromatic heterocycles. The molecular weight excluding hydrogens is 450 g/mol. The van der Waals surface area contributed by atoms with Gasteiger partial charge in [-0.2, -0.15) is 0 Å². The lowest BCUT2D eigenvalue weighted by Gasteiger charge is -2.31. The highest BCUT2D eigenvalue weighted by molar-refractivity contribution is 5.99. The van der Waals surface area contributed by atoms with E-state index in [0.29, 0.717) is 10.9 Å². The Labute approximate surface area is 208 Å². The number of fused-ring (bicyclic) bond motifs is 5. The first-order chi connectivity index (χ1) is 17.3. The fraction of sp³-hybridized carbons (Fsp3) is 0.200. The van der Waals surface area contributed by atoms with E-state index in [-0.39, 0.29) is 11.2 Å². The largest absolute Gasteiger partial charge is 0.477 e. The number of nitrogens with zero attached hydrogens (tertiary/aromatic N) is 3. The third-order valence-electron chi connectivity index (χ3n) is 7.33. The highest BCUT2D eigenvalue weighted by Gasteiger charge is 2.37. The maximum Gasteiger partial charge on any atom is 0.331 e. The maximum absolute atomic E-state index is 13.8. The summed E-state index contributed by atoms with van der Waals surface area (Å²) in [6.07, 6.45) is -0.501. The molecule has 0 bridgehead atoms. The van der Waals surface area contributed by atoms with Crippen molar-refractivity contribution in [3.8, 4) is 22.7 Å². The Balaban J connectivity index is 1.91. The minimum absolute atomic E-state index is 0.314. The van der Waals surface area contributed by atoms with Gasteiger partial charge in [0.05, 0.1) is 28.0 Å². The van der Waals surface area contributed by atoms with Gasteiger partial charge in [0, 0.05) is 25.2 Å². The highest BCUT2D eigenvalue weighted by atomic mass is 16.5. The van der Waals surface area contributed by atoms with Crippen LogP contribution < -0.4 is 16.0 Å². The lowest BCUT2D eigenvalue weighted by Crippen LogP contribution is -2.37. The van der Waals surface area contributed by atoms with Gasteiger partial charge in [0.25, 0.3) is 5.56 Å². The highest BCUT2D eigenvalue weighted by Crippen LogP contribution is 2.47. The van der Waals surface area contributed by atoms with Gasteiger partial charge >= 0.3 is 5.69 Å². The average Bonchev–Trinajstić information content (AvgIpc) is 3.23. The maximum atomic E-state index is 13.8. The van der Waals surface area contributed by atoms with Crippen LogP contribution >= 0.6 is 0 Å². The predicted molar refractivity (Wildman–Crippen MR) is 142 cm³/mol. The zero-order chi connectivity index (χ0) is 25.3. The molecule has 5 aromatic rings. The first-order valence-corrected chi connectivity index (χ1v) is 12.0. The Morgan fingerprint density at radius 1 is 0.806 bits per heavy atom. The third-order valence-corrected chi connectivity index (χ3v) is 7.33. The van der Waals surface area contributed by atoms with Crippen LogP contribution in [-0.4, -0.2) is 13.7 Å². The molecule has 6 heteroatoms. The van der Waals surface area contributed by atoms with Crippen LogP contribution in [-0.2, 0) is 14.1 Å². The van der Waals surface area contributed by atoms with Crippen LogP contribution in [0.5, 0.6) is 5.75 Å². The average molecular weight is 478 g/mol. The van der Waals surface area contributed by atoms with Crippen LogP contribution in [0.15, 0.2) is 76.3 Å². The van der Waals surface area contributed by atoms with Crippen LogP contribution in [0.25, 0.3) is 27.8 Å². The minimum Gasteiger partial charge on any atom is -0.477 e. The summed E-state index contributed by atoms with van der Waals surface area (Å²) in [5.41, 5.74) is 7.48. The monoisotopic (exact) mass is 477 g/mol. The number of hydrogen-bond donors (Lipinski definition) is 0. The Morgan fingerprint density at radius 2 is 1.50 bits per heavy atom. The molecule has 0 N–H and O–H groups in total. The first kappa shape index (κ1) is 22.2. The molecule has 0 unspecified atom stereocenters. The number of hydrogen-bond acceptors (Lipinski definition) is 3. The van der Waals surface area contributed by atoms with Crippen LogP contribution in [0.4, 0.5) is 0 Å². The zero-order valence-corrected chi connectivity index (χ0v) is 21.0. The van der Waals surface area contributed by atoms with Gasteiger partial charge in [0.1, 0.15) is 5.75 Å². The molecule has 0 fully saturated rings. The van der Waals surface area contributed by atoms with Gasteiger partial charge in [0.15, 0.2) is 6.10 Å². The van der Waals surface area contributed by atoms with Crippen molar-refractivity contribution in [3.05, 3.63) is 116 Å². The number of benzene rings is 3. The van der Waals surface area contributed by atoms with E-state index in [9.17, 15) is 9.59 Å². The molecule has 0 saturated heterocycles. The third kappa shape index (κ3) is 2.97. The summed E-state index contributed by atoms with van der Waals surface area (Å²) in [5.74, 6) is 0.735. The van der Waals surface area contributed by atoms with E-state index in [1.165, 1.54) is 11.6 Å². The van der Waals surface area contributed by atoms with Crippen molar-refractivity contribution in [1.82, 2.24) is 13.7 Å². The predicted octanol–water partition coefficient (Wildman–Crippen LogP) is 5.10. The number of aryl methyl sites for hydroxylation is 4.